The molecule has 6 nitrogen and oxygen atoms in total. The number of halogens is 1. The molecule has 0 fully saturated rings. The Morgan fingerprint density at radius 3 is 2.96 bits per heavy atom. The molecule has 0 saturated heterocycles. The van der Waals surface area contributed by atoms with Gasteiger partial charge in [0.05, 0.1) is 11.8 Å². The van der Waals surface area contributed by atoms with Gasteiger partial charge in [-0.1, -0.05) is 23.7 Å². The number of aryl methyl sites for hydroxylation is 1. The summed E-state index contributed by atoms with van der Waals surface area (Å²) < 4.78 is 11.1. The summed E-state index contributed by atoms with van der Waals surface area (Å²) in [5, 5.41) is 4.50. The van der Waals surface area contributed by atoms with E-state index < -0.39 is 0 Å². The van der Waals surface area contributed by atoms with Crippen molar-refractivity contribution in [2.24, 2.45) is 5.10 Å². The quantitative estimate of drug-likeness (QED) is 0.526. The Kier molecular flexibility index (Phi) is 5.66. The number of rotatable bonds is 6. The molecule has 0 saturated carbocycles. The molecular weight excluding hydrogens is 354 g/mol. The molecule has 1 aromatic carbocycles. The van der Waals surface area contributed by atoms with Gasteiger partial charge in [0.2, 0.25) is 0 Å². The number of aromatic nitrogens is 1. The highest BCUT2D eigenvalue weighted by Gasteiger charge is 2.07. The molecular formula is C19H16ClN3O3. The predicted molar refractivity (Wildman–Crippen MR) is 98.5 cm³/mol. The Morgan fingerprint density at radius 2 is 2.19 bits per heavy atom. The van der Waals surface area contributed by atoms with Crippen LogP contribution in [0, 0.1) is 6.92 Å². The highest BCUT2D eigenvalue weighted by atomic mass is 35.5. The lowest BCUT2D eigenvalue weighted by molar-refractivity contribution is 0.0955. The maximum atomic E-state index is 11.8. The maximum Gasteiger partial charge on any atom is 0.285 e. The third-order valence-electron chi connectivity index (χ3n) is 3.60. The van der Waals surface area contributed by atoms with E-state index in [1.807, 2.05) is 25.1 Å². The number of hydrazone groups is 1. The van der Waals surface area contributed by atoms with E-state index in [0.29, 0.717) is 28.9 Å². The first kappa shape index (κ1) is 17.7. The monoisotopic (exact) mass is 369 g/mol. The SMILES string of the molecule is Cc1cccc(Cl)c1COc1ccc(/C=N/NC(=O)c2cccnc2)o1. The van der Waals surface area contributed by atoms with E-state index in [9.17, 15) is 4.79 Å². The van der Waals surface area contributed by atoms with Crippen molar-refractivity contribution in [1.29, 1.82) is 0 Å². The van der Waals surface area contributed by atoms with Crippen LogP contribution in [0.15, 0.2) is 64.4 Å². The van der Waals surface area contributed by atoms with E-state index in [0.717, 1.165) is 11.1 Å². The number of nitrogens with one attached hydrogen (secondary N) is 1. The van der Waals surface area contributed by atoms with Gasteiger partial charge in [0, 0.05) is 29.0 Å². The molecule has 3 aromatic rings. The molecule has 0 unspecified atom stereocenters. The van der Waals surface area contributed by atoms with Gasteiger partial charge in [0.15, 0.2) is 5.76 Å². The van der Waals surface area contributed by atoms with Crippen molar-refractivity contribution in [1.82, 2.24) is 10.4 Å². The van der Waals surface area contributed by atoms with Crippen molar-refractivity contribution in [3.05, 3.63) is 82.3 Å². The van der Waals surface area contributed by atoms with Crippen LogP contribution in [-0.4, -0.2) is 17.1 Å². The second-order valence-corrected chi connectivity index (χ2v) is 5.83. The van der Waals surface area contributed by atoms with Gasteiger partial charge < -0.3 is 9.15 Å². The van der Waals surface area contributed by atoms with Crippen LogP contribution in [0.4, 0.5) is 0 Å². The molecule has 0 bridgehead atoms. The zero-order valence-electron chi connectivity index (χ0n) is 14.0. The van der Waals surface area contributed by atoms with Crippen LogP contribution in [0.1, 0.15) is 27.2 Å². The van der Waals surface area contributed by atoms with Crippen LogP contribution in [0.5, 0.6) is 5.95 Å². The molecule has 2 aromatic heterocycles. The number of carbonyl (C=O) groups excluding carboxylic acids is 1. The average Bonchev–Trinajstić information content (AvgIpc) is 3.10. The maximum absolute atomic E-state index is 11.8. The van der Waals surface area contributed by atoms with E-state index in [2.05, 4.69) is 15.5 Å². The molecule has 0 spiro atoms. The lowest BCUT2D eigenvalue weighted by Crippen LogP contribution is -2.17. The van der Waals surface area contributed by atoms with Crippen molar-refractivity contribution < 1.29 is 13.9 Å². The minimum absolute atomic E-state index is 0.299. The van der Waals surface area contributed by atoms with E-state index in [1.54, 1.807) is 30.5 Å². The molecule has 0 radical (unpaired) electrons. The van der Waals surface area contributed by atoms with Crippen molar-refractivity contribution in [2.45, 2.75) is 13.5 Å². The summed E-state index contributed by atoms with van der Waals surface area (Å²) in [7, 11) is 0. The van der Waals surface area contributed by atoms with Crippen LogP contribution in [-0.2, 0) is 6.61 Å². The van der Waals surface area contributed by atoms with Gasteiger partial charge in [0.25, 0.3) is 11.9 Å². The van der Waals surface area contributed by atoms with Crippen molar-refractivity contribution in [3.63, 3.8) is 0 Å². The third-order valence-corrected chi connectivity index (χ3v) is 3.95. The fraction of sp³-hybridized carbons (Fsp3) is 0.105. The molecule has 7 heteroatoms. The van der Waals surface area contributed by atoms with Gasteiger partial charge in [-0.2, -0.15) is 5.10 Å². The van der Waals surface area contributed by atoms with E-state index >= 15 is 0 Å². The number of pyridine rings is 1. The fourth-order valence-electron chi connectivity index (χ4n) is 2.19. The lowest BCUT2D eigenvalue weighted by Gasteiger charge is -2.08. The van der Waals surface area contributed by atoms with Crippen LogP contribution < -0.4 is 10.2 Å². The standard InChI is InChI=1S/C19H16ClN3O3/c1-13-4-2-6-17(20)16(13)12-25-18-8-7-15(26-18)11-22-23-19(24)14-5-3-9-21-10-14/h2-11H,12H2,1H3,(H,23,24)/b22-11+. The molecule has 2 heterocycles. The van der Waals surface area contributed by atoms with Gasteiger partial charge >= 0.3 is 0 Å². The highest BCUT2D eigenvalue weighted by molar-refractivity contribution is 6.31. The number of nitrogens with zero attached hydrogens (tertiary/aromatic N) is 2. The number of furan rings is 1. The van der Waals surface area contributed by atoms with E-state index in [-0.39, 0.29) is 5.91 Å². The molecule has 0 aliphatic heterocycles. The van der Waals surface area contributed by atoms with Crippen molar-refractivity contribution >= 4 is 23.7 Å². The molecule has 0 aliphatic carbocycles. The summed E-state index contributed by atoms with van der Waals surface area (Å²) in [5.41, 5.74) is 4.77. The highest BCUT2D eigenvalue weighted by Crippen LogP contribution is 2.22. The third kappa shape index (κ3) is 4.49. The summed E-state index contributed by atoms with van der Waals surface area (Å²) >= 11 is 6.17. The molecule has 132 valence electrons. The van der Waals surface area contributed by atoms with E-state index in [1.165, 1.54) is 12.4 Å². The molecule has 26 heavy (non-hydrogen) atoms. The Labute approximate surface area is 155 Å². The van der Waals surface area contributed by atoms with Crippen LogP contribution >= 0.6 is 11.6 Å². The average molecular weight is 370 g/mol. The fourth-order valence-corrected chi connectivity index (χ4v) is 2.47. The first-order chi connectivity index (χ1) is 12.6. The summed E-state index contributed by atoms with van der Waals surface area (Å²) in [6, 6.07) is 12.4. The summed E-state index contributed by atoms with van der Waals surface area (Å²) in [4.78, 5) is 15.7. The molecule has 0 aliphatic rings. The van der Waals surface area contributed by atoms with Crippen molar-refractivity contribution in [3.8, 4) is 5.95 Å². The van der Waals surface area contributed by atoms with Gasteiger partial charge in [0.1, 0.15) is 6.61 Å². The lowest BCUT2D eigenvalue weighted by atomic mass is 10.1. The molecule has 0 atom stereocenters. The second-order valence-electron chi connectivity index (χ2n) is 5.42. The Bertz CT molecular complexity index is 903. The summed E-state index contributed by atoms with van der Waals surface area (Å²) in [5.74, 6) is 0.429. The summed E-state index contributed by atoms with van der Waals surface area (Å²) in [6.45, 7) is 2.27. The Morgan fingerprint density at radius 1 is 1.31 bits per heavy atom. The minimum atomic E-state index is -0.355. The topological polar surface area (TPSA) is 76.7 Å². The normalized spacial score (nSPS) is 10.8. The number of hydrogen-bond donors (Lipinski definition) is 1. The van der Waals surface area contributed by atoms with Gasteiger partial charge in [-0.3, -0.25) is 9.78 Å². The summed E-state index contributed by atoms with van der Waals surface area (Å²) in [6.07, 6.45) is 4.44. The minimum Gasteiger partial charge on any atom is -0.460 e. The van der Waals surface area contributed by atoms with Gasteiger partial charge in [-0.05, 0) is 36.8 Å². The number of hydrogen-bond acceptors (Lipinski definition) is 5. The predicted octanol–water partition coefficient (Wildman–Crippen LogP) is 3.98. The second kappa shape index (κ2) is 8.31. The van der Waals surface area contributed by atoms with Crippen LogP contribution in [0.2, 0.25) is 5.02 Å². The largest absolute Gasteiger partial charge is 0.460 e. The number of benzene rings is 1. The number of amides is 1. The molecule has 1 amide bonds. The zero-order valence-corrected chi connectivity index (χ0v) is 14.7. The Hall–Kier alpha value is -3.12. The van der Waals surface area contributed by atoms with Crippen LogP contribution in [0.3, 0.4) is 0 Å². The Balaban J connectivity index is 1.55. The number of carbonyl (C=O) groups is 1. The van der Waals surface area contributed by atoms with Crippen molar-refractivity contribution in [2.75, 3.05) is 0 Å². The van der Waals surface area contributed by atoms with Gasteiger partial charge in [-0.15, -0.1) is 0 Å². The van der Waals surface area contributed by atoms with Gasteiger partial charge in [-0.25, -0.2) is 5.43 Å². The first-order valence-electron chi connectivity index (χ1n) is 7.83. The zero-order chi connectivity index (χ0) is 18.4. The first-order valence-corrected chi connectivity index (χ1v) is 8.21. The van der Waals surface area contributed by atoms with Crippen LogP contribution in [0.25, 0.3) is 0 Å². The molecule has 1 N–H and O–H groups in total. The smallest absolute Gasteiger partial charge is 0.285 e. The van der Waals surface area contributed by atoms with E-state index in [4.69, 9.17) is 20.8 Å². The number of ether oxygens (including phenoxy) is 1. The molecule has 3 rings (SSSR count).